The van der Waals surface area contributed by atoms with Gasteiger partial charge in [0.1, 0.15) is 11.6 Å². The SMILES string of the molecule is CNC(=O)Nc1ccc2c(c1)CCC21NC(=O)N(C(C(N)=O)[C@@H](C)C2CC2)C1=O. The number of rotatable bonds is 5. The molecule has 1 heterocycles. The number of fused-ring (bicyclic) bond motifs is 2. The van der Waals surface area contributed by atoms with Crippen molar-refractivity contribution in [2.75, 3.05) is 12.4 Å². The second-order valence-electron chi connectivity index (χ2n) is 8.13. The van der Waals surface area contributed by atoms with E-state index in [9.17, 15) is 19.2 Å². The fourth-order valence-electron chi connectivity index (χ4n) is 4.65. The zero-order chi connectivity index (χ0) is 20.9. The number of urea groups is 2. The zero-order valence-corrected chi connectivity index (χ0v) is 16.5. The van der Waals surface area contributed by atoms with Gasteiger partial charge in [-0.25, -0.2) is 14.5 Å². The van der Waals surface area contributed by atoms with Crippen LogP contribution in [0, 0.1) is 11.8 Å². The van der Waals surface area contributed by atoms with Crippen LogP contribution in [0.15, 0.2) is 18.2 Å². The summed E-state index contributed by atoms with van der Waals surface area (Å²) in [7, 11) is 1.52. The van der Waals surface area contributed by atoms with E-state index in [2.05, 4.69) is 16.0 Å². The first-order valence-corrected chi connectivity index (χ1v) is 9.85. The molecule has 2 unspecified atom stereocenters. The number of benzene rings is 1. The summed E-state index contributed by atoms with van der Waals surface area (Å²) in [5.74, 6) is -0.950. The Morgan fingerprint density at radius 2 is 2.03 bits per heavy atom. The Morgan fingerprint density at radius 3 is 2.66 bits per heavy atom. The van der Waals surface area contributed by atoms with Crippen molar-refractivity contribution in [3.63, 3.8) is 0 Å². The molecule has 1 aliphatic heterocycles. The molecule has 1 saturated heterocycles. The lowest BCUT2D eigenvalue weighted by molar-refractivity contribution is -0.139. The molecule has 0 aromatic heterocycles. The van der Waals surface area contributed by atoms with Crippen molar-refractivity contribution in [2.24, 2.45) is 17.6 Å². The Hall–Kier alpha value is -3.10. The number of anilines is 1. The van der Waals surface area contributed by atoms with Crippen LogP contribution in [0.5, 0.6) is 0 Å². The highest BCUT2D eigenvalue weighted by atomic mass is 16.2. The minimum Gasteiger partial charge on any atom is -0.368 e. The van der Waals surface area contributed by atoms with Crippen molar-refractivity contribution in [1.29, 1.82) is 0 Å². The monoisotopic (exact) mass is 399 g/mol. The Morgan fingerprint density at radius 1 is 1.31 bits per heavy atom. The number of amides is 6. The third-order valence-electron chi connectivity index (χ3n) is 6.38. The maximum Gasteiger partial charge on any atom is 0.326 e. The summed E-state index contributed by atoms with van der Waals surface area (Å²) in [6.45, 7) is 1.87. The number of aryl methyl sites for hydroxylation is 1. The standard InChI is InChI=1S/C20H25N5O4/c1-10(11-3-4-11)15(16(21)26)25-17(27)20(24-19(25)29)8-7-12-9-13(5-6-14(12)20)23-18(28)22-2/h5-6,9-11,15H,3-4,7-8H2,1-2H3,(H2,21,26)(H,24,29)(H2,22,23,28)/t10-,15?,20?/m0/s1. The molecule has 9 nitrogen and oxygen atoms in total. The van der Waals surface area contributed by atoms with Crippen molar-refractivity contribution in [3.8, 4) is 0 Å². The second kappa shape index (κ2) is 6.75. The molecule has 2 aliphatic carbocycles. The average molecular weight is 399 g/mol. The zero-order valence-electron chi connectivity index (χ0n) is 16.5. The Balaban J connectivity index is 1.65. The first-order valence-electron chi connectivity index (χ1n) is 9.85. The Kier molecular flexibility index (Phi) is 4.48. The molecule has 5 N–H and O–H groups in total. The summed E-state index contributed by atoms with van der Waals surface area (Å²) in [5.41, 5.74) is 6.60. The lowest BCUT2D eigenvalue weighted by Gasteiger charge is -2.29. The van der Waals surface area contributed by atoms with Crippen LogP contribution in [0.25, 0.3) is 0 Å². The predicted octanol–water partition coefficient (Wildman–Crippen LogP) is 1.03. The van der Waals surface area contributed by atoms with Crippen LogP contribution in [0.2, 0.25) is 0 Å². The highest BCUT2D eigenvalue weighted by Gasteiger charge is 2.59. The molecule has 2 fully saturated rings. The number of hydrogen-bond acceptors (Lipinski definition) is 4. The van der Waals surface area contributed by atoms with E-state index < -0.39 is 29.4 Å². The number of nitrogens with one attached hydrogen (secondary N) is 3. The van der Waals surface area contributed by atoms with Crippen molar-refractivity contribution >= 4 is 29.6 Å². The van der Waals surface area contributed by atoms with Crippen LogP contribution >= 0.6 is 0 Å². The molecule has 0 radical (unpaired) electrons. The molecule has 4 rings (SSSR count). The van der Waals surface area contributed by atoms with Gasteiger partial charge in [0.25, 0.3) is 5.91 Å². The molecular weight excluding hydrogens is 374 g/mol. The number of carbonyl (C=O) groups is 4. The quantitative estimate of drug-likeness (QED) is 0.550. The third-order valence-corrected chi connectivity index (χ3v) is 6.38. The maximum atomic E-state index is 13.5. The molecule has 6 amide bonds. The van der Waals surface area contributed by atoms with E-state index >= 15 is 0 Å². The molecular formula is C20H25N5O4. The molecule has 0 bridgehead atoms. The molecule has 29 heavy (non-hydrogen) atoms. The van der Waals surface area contributed by atoms with Gasteiger partial charge in [-0.15, -0.1) is 0 Å². The lowest BCUT2D eigenvalue weighted by Crippen LogP contribution is -2.53. The fraction of sp³-hybridized carbons (Fsp3) is 0.500. The number of imide groups is 1. The van der Waals surface area contributed by atoms with E-state index in [1.807, 2.05) is 6.92 Å². The van der Waals surface area contributed by atoms with Crippen LogP contribution in [0.4, 0.5) is 15.3 Å². The van der Waals surface area contributed by atoms with Crippen LogP contribution in [0.3, 0.4) is 0 Å². The van der Waals surface area contributed by atoms with Gasteiger partial charge in [0, 0.05) is 12.7 Å². The smallest absolute Gasteiger partial charge is 0.326 e. The summed E-state index contributed by atoms with van der Waals surface area (Å²) in [6, 6.07) is 3.38. The van der Waals surface area contributed by atoms with Gasteiger partial charge in [0.2, 0.25) is 5.91 Å². The van der Waals surface area contributed by atoms with E-state index in [0.717, 1.165) is 23.3 Å². The fourth-order valence-corrected chi connectivity index (χ4v) is 4.65. The Bertz CT molecular complexity index is 912. The van der Waals surface area contributed by atoms with Crippen LogP contribution in [-0.2, 0) is 21.5 Å². The minimum atomic E-state index is -1.19. The van der Waals surface area contributed by atoms with Gasteiger partial charge in [-0.3, -0.25) is 9.59 Å². The highest BCUT2D eigenvalue weighted by Crippen LogP contribution is 2.45. The number of carbonyl (C=O) groups excluding carboxylic acids is 4. The number of hydrogen-bond donors (Lipinski definition) is 4. The van der Waals surface area contributed by atoms with Gasteiger partial charge < -0.3 is 21.7 Å². The predicted molar refractivity (Wildman–Crippen MR) is 105 cm³/mol. The Labute approximate surface area is 168 Å². The molecule has 9 heteroatoms. The van der Waals surface area contributed by atoms with Gasteiger partial charge >= 0.3 is 12.1 Å². The average Bonchev–Trinajstić information content (AvgIpc) is 3.43. The van der Waals surface area contributed by atoms with Gasteiger partial charge in [-0.2, -0.15) is 0 Å². The van der Waals surface area contributed by atoms with E-state index in [4.69, 9.17) is 5.73 Å². The number of nitrogens with two attached hydrogens (primary N) is 1. The van der Waals surface area contributed by atoms with E-state index in [0.29, 0.717) is 30.0 Å². The van der Waals surface area contributed by atoms with E-state index in [1.54, 1.807) is 18.2 Å². The molecule has 154 valence electrons. The number of nitrogens with zero attached hydrogens (tertiary/aromatic N) is 1. The van der Waals surface area contributed by atoms with Gasteiger partial charge in [-0.05, 0) is 60.8 Å². The van der Waals surface area contributed by atoms with Crippen LogP contribution in [-0.4, -0.2) is 41.9 Å². The lowest BCUT2D eigenvalue weighted by atomic mass is 9.89. The summed E-state index contributed by atoms with van der Waals surface area (Å²) in [6.07, 6.45) is 2.92. The minimum absolute atomic E-state index is 0.169. The molecule has 1 spiro atoms. The normalized spacial score (nSPS) is 24.8. The molecule has 1 saturated carbocycles. The van der Waals surface area contributed by atoms with Crippen molar-refractivity contribution < 1.29 is 19.2 Å². The van der Waals surface area contributed by atoms with Crippen molar-refractivity contribution in [2.45, 2.75) is 44.2 Å². The molecule has 1 aromatic carbocycles. The largest absolute Gasteiger partial charge is 0.368 e. The molecule has 3 atom stereocenters. The maximum absolute atomic E-state index is 13.5. The van der Waals surface area contributed by atoms with E-state index in [-0.39, 0.29) is 11.9 Å². The first kappa shape index (κ1) is 19.2. The summed E-state index contributed by atoms with van der Waals surface area (Å²) in [4.78, 5) is 51.0. The topological polar surface area (TPSA) is 134 Å². The van der Waals surface area contributed by atoms with Crippen molar-refractivity contribution in [3.05, 3.63) is 29.3 Å². The second-order valence-corrected chi connectivity index (χ2v) is 8.13. The molecule has 3 aliphatic rings. The van der Waals surface area contributed by atoms with Gasteiger partial charge in [0.05, 0.1) is 0 Å². The molecule has 1 aromatic rings. The summed E-state index contributed by atoms with van der Waals surface area (Å²) in [5, 5.41) is 8.02. The summed E-state index contributed by atoms with van der Waals surface area (Å²) >= 11 is 0. The highest BCUT2D eigenvalue weighted by molar-refractivity contribution is 6.10. The third kappa shape index (κ3) is 3.01. The number of primary amides is 1. The first-order chi connectivity index (χ1) is 13.8. The van der Waals surface area contributed by atoms with Crippen molar-refractivity contribution in [1.82, 2.24) is 15.5 Å². The van der Waals surface area contributed by atoms with Crippen LogP contribution < -0.4 is 21.7 Å². The van der Waals surface area contributed by atoms with Crippen LogP contribution in [0.1, 0.15) is 37.3 Å². The van der Waals surface area contributed by atoms with E-state index in [1.165, 1.54) is 7.05 Å². The summed E-state index contributed by atoms with van der Waals surface area (Å²) < 4.78 is 0. The van der Waals surface area contributed by atoms with Gasteiger partial charge in [-0.1, -0.05) is 13.0 Å². The van der Waals surface area contributed by atoms with Gasteiger partial charge in [0.15, 0.2) is 0 Å².